The number of aliphatic imine (C=N–C) groups is 1. The molecule has 0 unspecified atom stereocenters. The summed E-state index contributed by atoms with van der Waals surface area (Å²) in [4.78, 5) is 4.47. The van der Waals surface area contributed by atoms with E-state index in [1.165, 1.54) is 25.7 Å². The van der Waals surface area contributed by atoms with Crippen molar-refractivity contribution in [2.24, 2.45) is 15.5 Å². The van der Waals surface area contributed by atoms with E-state index in [1.807, 2.05) is 0 Å². The number of amidine groups is 1. The van der Waals surface area contributed by atoms with Crippen LogP contribution in [0, 0.1) is 5.41 Å². The summed E-state index contributed by atoms with van der Waals surface area (Å²) in [5, 5.41) is 7.67. The maximum Gasteiger partial charge on any atom is 0.179 e. The summed E-state index contributed by atoms with van der Waals surface area (Å²) in [5.41, 5.74) is 0.379. The van der Waals surface area contributed by atoms with Crippen LogP contribution in [0.25, 0.3) is 0 Å². The third kappa shape index (κ3) is 2.19. The van der Waals surface area contributed by atoms with Crippen molar-refractivity contribution in [1.82, 2.24) is 5.01 Å². The molecule has 1 heterocycles. The summed E-state index contributed by atoms with van der Waals surface area (Å²) in [7, 11) is 0. The number of hydrogen-bond donors (Lipinski definition) is 0. The molecule has 0 N–H and O–H groups in total. The Morgan fingerprint density at radius 3 is 2.87 bits per heavy atom. The standard InChI is InChI=1S/C11H19N3S/c1-3-12-10(15-2)14-9-11(8-13-14)6-4-5-7-11/h8H,3-7,9H2,1-2H3/b12-10+. The van der Waals surface area contributed by atoms with Gasteiger partial charge in [-0.15, -0.1) is 0 Å². The molecule has 4 heteroatoms. The molecule has 0 bridgehead atoms. The van der Waals surface area contributed by atoms with Gasteiger partial charge < -0.3 is 0 Å². The highest BCUT2D eigenvalue weighted by Gasteiger charge is 2.38. The van der Waals surface area contributed by atoms with Gasteiger partial charge in [0.2, 0.25) is 0 Å². The van der Waals surface area contributed by atoms with Gasteiger partial charge in [-0.25, -0.2) is 5.01 Å². The van der Waals surface area contributed by atoms with E-state index in [1.54, 1.807) is 11.8 Å². The maximum atomic E-state index is 4.52. The normalized spacial score (nSPS) is 24.4. The number of hydrazone groups is 1. The summed E-state index contributed by atoms with van der Waals surface area (Å²) in [6.07, 6.45) is 9.57. The molecule has 0 radical (unpaired) electrons. The van der Waals surface area contributed by atoms with Crippen LogP contribution in [0.3, 0.4) is 0 Å². The molecule has 15 heavy (non-hydrogen) atoms. The van der Waals surface area contributed by atoms with Gasteiger partial charge in [-0.3, -0.25) is 4.99 Å². The van der Waals surface area contributed by atoms with Crippen LogP contribution in [0.15, 0.2) is 10.1 Å². The number of hydrogen-bond acceptors (Lipinski definition) is 3. The van der Waals surface area contributed by atoms with E-state index in [-0.39, 0.29) is 0 Å². The Morgan fingerprint density at radius 2 is 2.27 bits per heavy atom. The predicted molar refractivity (Wildman–Crippen MR) is 67.6 cm³/mol. The molecule has 1 aliphatic carbocycles. The fourth-order valence-electron chi connectivity index (χ4n) is 2.44. The van der Waals surface area contributed by atoms with Gasteiger partial charge in [-0.05, 0) is 26.0 Å². The summed E-state index contributed by atoms with van der Waals surface area (Å²) >= 11 is 1.70. The smallest absolute Gasteiger partial charge is 0.179 e. The van der Waals surface area contributed by atoms with Crippen LogP contribution in [0.5, 0.6) is 0 Å². The van der Waals surface area contributed by atoms with Gasteiger partial charge >= 0.3 is 0 Å². The van der Waals surface area contributed by atoms with Crippen molar-refractivity contribution in [3.05, 3.63) is 0 Å². The van der Waals surface area contributed by atoms with Crippen molar-refractivity contribution in [2.45, 2.75) is 32.6 Å². The lowest BCUT2D eigenvalue weighted by Crippen LogP contribution is -2.29. The van der Waals surface area contributed by atoms with Crippen molar-refractivity contribution in [2.75, 3.05) is 19.3 Å². The highest BCUT2D eigenvalue weighted by atomic mass is 32.2. The van der Waals surface area contributed by atoms with Crippen LogP contribution in [0.4, 0.5) is 0 Å². The molecule has 0 atom stereocenters. The van der Waals surface area contributed by atoms with Crippen molar-refractivity contribution < 1.29 is 0 Å². The Labute approximate surface area is 96.0 Å². The lowest BCUT2D eigenvalue weighted by atomic mass is 9.89. The van der Waals surface area contributed by atoms with Crippen molar-refractivity contribution >= 4 is 23.1 Å². The van der Waals surface area contributed by atoms with Crippen molar-refractivity contribution in [3.8, 4) is 0 Å². The minimum atomic E-state index is 0.379. The molecule has 84 valence electrons. The molecule has 1 fully saturated rings. The second-order valence-corrected chi connectivity index (χ2v) is 5.11. The monoisotopic (exact) mass is 225 g/mol. The first-order valence-electron chi connectivity index (χ1n) is 5.71. The second-order valence-electron chi connectivity index (χ2n) is 4.33. The summed E-state index contributed by atoms with van der Waals surface area (Å²) in [6, 6.07) is 0. The minimum Gasteiger partial charge on any atom is -0.261 e. The van der Waals surface area contributed by atoms with Crippen LogP contribution in [-0.2, 0) is 0 Å². The first-order chi connectivity index (χ1) is 7.29. The molecule has 0 saturated heterocycles. The Bertz CT molecular complexity index is 280. The molecule has 1 aliphatic heterocycles. The zero-order chi connectivity index (χ0) is 10.7. The van der Waals surface area contributed by atoms with E-state index in [4.69, 9.17) is 0 Å². The molecule has 1 saturated carbocycles. The molecule has 3 nitrogen and oxygen atoms in total. The molecule has 1 spiro atoms. The highest BCUT2D eigenvalue weighted by molar-refractivity contribution is 8.13. The Balaban J connectivity index is 2.03. The Hall–Kier alpha value is -0.510. The largest absolute Gasteiger partial charge is 0.261 e. The van der Waals surface area contributed by atoms with Gasteiger partial charge in [0.1, 0.15) is 0 Å². The molecule has 0 aromatic rings. The van der Waals surface area contributed by atoms with Crippen molar-refractivity contribution in [3.63, 3.8) is 0 Å². The topological polar surface area (TPSA) is 28.0 Å². The van der Waals surface area contributed by atoms with Crippen molar-refractivity contribution in [1.29, 1.82) is 0 Å². The van der Waals surface area contributed by atoms with Gasteiger partial charge in [0, 0.05) is 18.2 Å². The Kier molecular flexibility index (Phi) is 3.34. The van der Waals surface area contributed by atoms with Crippen LogP contribution in [0.2, 0.25) is 0 Å². The lowest BCUT2D eigenvalue weighted by molar-refractivity contribution is 0.351. The number of thioether (sulfide) groups is 1. The maximum absolute atomic E-state index is 4.52. The zero-order valence-electron chi connectivity index (χ0n) is 9.57. The summed E-state index contributed by atoms with van der Waals surface area (Å²) < 4.78 is 0. The highest BCUT2D eigenvalue weighted by Crippen LogP contribution is 2.40. The fraction of sp³-hybridized carbons (Fsp3) is 0.818. The van der Waals surface area contributed by atoms with Crippen LogP contribution < -0.4 is 0 Å². The van der Waals surface area contributed by atoms with E-state index in [0.29, 0.717) is 5.41 Å². The van der Waals surface area contributed by atoms with E-state index in [0.717, 1.165) is 18.3 Å². The van der Waals surface area contributed by atoms with Gasteiger partial charge in [0.25, 0.3) is 0 Å². The third-order valence-electron chi connectivity index (χ3n) is 3.23. The van der Waals surface area contributed by atoms with E-state index < -0.39 is 0 Å². The van der Waals surface area contributed by atoms with Crippen LogP contribution >= 0.6 is 11.8 Å². The first-order valence-corrected chi connectivity index (χ1v) is 6.93. The average molecular weight is 225 g/mol. The number of nitrogens with zero attached hydrogens (tertiary/aromatic N) is 3. The molecule has 2 aliphatic rings. The van der Waals surface area contributed by atoms with Gasteiger partial charge in [-0.2, -0.15) is 5.10 Å². The molecular formula is C11H19N3S. The summed E-state index contributed by atoms with van der Waals surface area (Å²) in [6.45, 7) is 3.96. The average Bonchev–Trinajstić information content (AvgIpc) is 2.86. The lowest BCUT2D eigenvalue weighted by Gasteiger charge is -2.22. The van der Waals surface area contributed by atoms with Gasteiger partial charge in [0.15, 0.2) is 5.17 Å². The van der Waals surface area contributed by atoms with Gasteiger partial charge in [0.05, 0.1) is 6.54 Å². The first kappa shape index (κ1) is 11.0. The van der Waals surface area contributed by atoms with Crippen LogP contribution in [0.1, 0.15) is 32.6 Å². The van der Waals surface area contributed by atoms with E-state index in [9.17, 15) is 0 Å². The fourth-order valence-corrected chi connectivity index (χ4v) is 3.02. The molecule has 0 amide bonds. The molecular weight excluding hydrogens is 206 g/mol. The second kappa shape index (κ2) is 4.56. The molecule has 2 rings (SSSR count). The Morgan fingerprint density at radius 1 is 1.53 bits per heavy atom. The van der Waals surface area contributed by atoms with E-state index >= 15 is 0 Å². The van der Waals surface area contributed by atoms with Crippen LogP contribution in [-0.4, -0.2) is 35.7 Å². The molecule has 0 aromatic carbocycles. The zero-order valence-corrected chi connectivity index (χ0v) is 10.4. The van der Waals surface area contributed by atoms with E-state index in [2.05, 4.69) is 34.5 Å². The predicted octanol–water partition coefficient (Wildman–Crippen LogP) is 2.59. The quantitative estimate of drug-likeness (QED) is 0.507. The summed E-state index contributed by atoms with van der Waals surface area (Å²) in [5.74, 6) is 0. The number of rotatable bonds is 1. The minimum absolute atomic E-state index is 0.379. The molecule has 0 aromatic heterocycles. The van der Waals surface area contributed by atoms with Gasteiger partial charge in [-0.1, -0.05) is 24.6 Å². The SMILES string of the molecule is CC/N=C(/SC)N1CC2(C=N1)CCCC2. The third-order valence-corrected chi connectivity index (χ3v) is 3.94.